The Morgan fingerprint density at radius 2 is 2.11 bits per heavy atom. The molecule has 0 saturated carbocycles. The highest BCUT2D eigenvalue weighted by Crippen LogP contribution is 2.21. The van der Waals surface area contributed by atoms with Gasteiger partial charge in [0.1, 0.15) is 5.82 Å². The third-order valence-corrected chi connectivity index (χ3v) is 2.45. The van der Waals surface area contributed by atoms with Gasteiger partial charge in [0.25, 0.3) is 5.91 Å². The quantitative estimate of drug-likeness (QED) is 0.785. The van der Waals surface area contributed by atoms with Crippen LogP contribution in [-0.2, 0) is 0 Å². The Bertz CT molecular complexity index is 421. The van der Waals surface area contributed by atoms with Crippen LogP contribution in [0.2, 0.25) is 0 Å². The summed E-state index contributed by atoms with van der Waals surface area (Å²) in [6, 6.07) is 3.12. The molecule has 0 spiro atoms. The van der Waals surface area contributed by atoms with Crippen molar-refractivity contribution in [2.45, 2.75) is 25.4 Å². The van der Waals surface area contributed by atoms with Crippen LogP contribution in [0.3, 0.4) is 0 Å². The van der Waals surface area contributed by atoms with Crippen LogP contribution in [0.15, 0.2) is 18.3 Å². The molecule has 1 aromatic heterocycles. The van der Waals surface area contributed by atoms with Crippen molar-refractivity contribution >= 4 is 11.7 Å². The number of nitrogens with zero attached hydrogens (tertiary/aromatic N) is 1. The molecule has 2 N–H and O–H groups in total. The number of hydrogen-bond acceptors (Lipinski definition) is 3. The number of carbonyl (C=O) groups excluding carboxylic acids is 1. The van der Waals surface area contributed by atoms with Crippen molar-refractivity contribution < 1.29 is 18.0 Å². The number of carbonyl (C=O) groups is 1. The van der Waals surface area contributed by atoms with E-state index in [1.54, 1.807) is 19.2 Å². The number of amides is 1. The third-order valence-electron chi connectivity index (χ3n) is 2.45. The van der Waals surface area contributed by atoms with Gasteiger partial charge in [-0.05, 0) is 25.0 Å². The summed E-state index contributed by atoms with van der Waals surface area (Å²) in [5, 5.41) is 5.37. The van der Waals surface area contributed by atoms with Crippen LogP contribution >= 0.6 is 0 Å². The first-order valence-electron chi connectivity index (χ1n) is 5.91. The maximum atomic E-state index is 11.9. The molecule has 19 heavy (non-hydrogen) atoms. The van der Waals surface area contributed by atoms with Gasteiger partial charge in [0.15, 0.2) is 0 Å². The minimum Gasteiger partial charge on any atom is -0.373 e. The summed E-state index contributed by atoms with van der Waals surface area (Å²) < 4.78 is 35.7. The average Bonchev–Trinajstić information content (AvgIpc) is 2.37. The van der Waals surface area contributed by atoms with E-state index in [9.17, 15) is 18.0 Å². The second-order valence-corrected chi connectivity index (χ2v) is 4.01. The first-order chi connectivity index (χ1) is 8.92. The molecular weight excluding hydrogens is 259 g/mol. The van der Waals surface area contributed by atoms with E-state index in [1.807, 2.05) is 0 Å². The van der Waals surface area contributed by atoms with Crippen LogP contribution in [-0.4, -0.2) is 30.7 Å². The SMILES string of the molecule is CNc1cc(C(=O)NCCCCC(F)(F)F)ccn1. The van der Waals surface area contributed by atoms with Crippen molar-refractivity contribution in [3.63, 3.8) is 0 Å². The van der Waals surface area contributed by atoms with Gasteiger partial charge in [-0.3, -0.25) is 4.79 Å². The molecule has 0 bridgehead atoms. The molecule has 1 rings (SSSR count). The number of aromatic nitrogens is 1. The summed E-state index contributed by atoms with van der Waals surface area (Å²) in [6.07, 6.45) is -3.14. The Hall–Kier alpha value is -1.79. The van der Waals surface area contributed by atoms with Gasteiger partial charge in [-0.15, -0.1) is 0 Å². The van der Waals surface area contributed by atoms with Crippen LogP contribution in [0, 0.1) is 0 Å². The van der Waals surface area contributed by atoms with Crippen molar-refractivity contribution in [3.05, 3.63) is 23.9 Å². The first kappa shape index (κ1) is 15.3. The van der Waals surface area contributed by atoms with E-state index in [0.717, 1.165) is 0 Å². The minimum atomic E-state index is -4.13. The number of rotatable bonds is 6. The smallest absolute Gasteiger partial charge is 0.373 e. The van der Waals surface area contributed by atoms with Gasteiger partial charge in [0.2, 0.25) is 0 Å². The fraction of sp³-hybridized carbons (Fsp3) is 0.500. The van der Waals surface area contributed by atoms with E-state index in [1.165, 1.54) is 6.20 Å². The van der Waals surface area contributed by atoms with Gasteiger partial charge in [-0.1, -0.05) is 0 Å². The molecule has 0 radical (unpaired) electrons. The van der Waals surface area contributed by atoms with Crippen LogP contribution in [0.25, 0.3) is 0 Å². The second kappa shape index (κ2) is 6.96. The summed E-state index contributed by atoms with van der Waals surface area (Å²) in [5.41, 5.74) is 0.426. The lowest BCUT2D eigenvalue weighted by atomic mass is 10.2. The maximum absolute atomic E-state index is 11.9. The zero-order valence-corrected chi connectivity index (χ0v) is 10.5. The second-order valence-electron chi connectivity index (χ2n) is 4.01. The van der Waals surface area contributed by atoms with Gasteiger partial charge in [0.05, 0.1) is 0 Å². The first-order valence-corrected chi connectivity index (χ1v) is 5.91. The Labute approximate surface area is 109 Å². The number of halogens is 3. The van der Waals surface area contributed by atoms with Gasteiger partial charge >= 0.3 is 6.18 Å². The fourth-order valence-electron chi connectivity index (χ4n) is 1.46. The molecule has 1 heterocycles. The number of pyridine rings is 1. The van der Waals surface area contributed by atoms with Gasteiger partial charge < -0.3 is 10.6 Å². The average molecular weight is 275 g/mol. The molecule has 0 fully saturated rings. The lowest BCUT2D eigenvalue weighted by Crippen LogP contribution is -2.24. The largest absolute Gasteiger partial charge is 0.389 e. The molecule has 0 atom stereocenters. The lowest BCUT2D eigenvalue weighted by Gasteiger charge is -2.07. The van der Waals surface area contributed by atoms with E-state index in [0.29, 0.717) is 17.8 Å². The lowest BCUT2D eigenvalue weighted by molar-refractivity contribution is -0.135. The fourth-order valence-corrected chi connectivity index (χ4v) is 1.46. The van der Waals surface area contributed by atoms with Crippen LogP contribution in [0.1, 0.15) is 29.6 Å². The van der Waals surface area contributed by atoms with Gasteiger partial charge in [0, 0.05) is 31.8 Å². The van der Waals surface area contributed by atoms with Gasteiger partial charge in [-0.25, -0.2) is 4.98 Å². The standard InChI is InChI=1S/C12H16F3N3O/c1-16-10-8-9(4-7-17-10)11(19)18-6-3-2-5-12(13,14)15/h4,7-8H,2-3,5-6H2,1H3,(H,16,17)(H,18,19). The number of nitrogens with one attached hydrogen (secondary N) is 2. The van der Waals surface area contributed by atoms with E-state index in [-0.39, 0.29) is 18.9 Å². The molecular formula is C12H16F3N3O. The molecule has 0 aliphatic rings. The topological polar surface area (TPSA) is 54.0 Å². The Kier molecular flexibility index (Phi) is 5.59. The van der Waals surface area contributed by atoms with Crippen molar-refractivity contribution in [1.29, 1.82) is 0 Å². The molecule has 0 aliphatic carbocycles. The molecule has 0 unspecified atom stereocenters. The molecule has 0 aromatic carbocycles. The summed E-state index contributed by atoms with van der Waals surface area (Å²) >= 11 is 0. The summed E-state index contributed by atoms with van der Waals surface area (Å²) in [7, 11) is 1.68. The molecule has 0 aliphatic heterocycles. The normalized spacial score (nSPS) is 11.2. The summed E-state index contributed by atoms with van der Waals surface area (Å²) in [4.78, 5) is 15.6. The van der Waals surface area contributed by atoms with Crippen LogP contribution < -0.4 is 10.6 Å². The van der Waals surface area contributed by atoms with Crippen LogP contribution in [0.5, 0.6) is 0 Å². The Morgan fingerprint density at radius 1 is 1.37 bits per heavy atom. The number of unbranched alkanes of at least 4 members (excludes halogenated alkanes) is 1. The molecule has 7 heteroatoms. The van der Waals surface area contributed by atoms with Crippen molar-refractivity contribution in [2.24, 2.45) is 0 Å². The van der Waals surface area contributed by atoms with Crippen molar-refractivity contribution in [1.82, 2.24) is 10.3 Å². The summed E-state index contributed by atoms with van der Waals surface area (Å²) in [5.74, 6) is 0.246. The van der Waals surface area contributed by atoms with E-state index < -0.39 is 12.6 Å². The van der Waals surface area contributed by atoms with Gasteiger partial charge in [-0.2, -0.15) is 13.2 Å². The molecule has 0 saturated heterocycles. The molecule has 106 valence electrons. The zero-order chi connectivity index (χ0) is 14.3. The predicted octanol–water partition coefficient (Wildman–Crippen LogP) is 2.59. The molecule has 1 aromatic rings. The van der Waals surface area contributed by atoms with E-state index in [4.69, 9.17) is 0 Å². The molecule has 1 amide bonds. The monoisotopic (exact) mass is 275 g/mol. The van der Waals surface area contributed by atoms with E-state index in [2.05, 4.69) is 15.6 Å². The molecule has 4 nitrogen and oxygen atoms in total. The highest BCUT2D eigenvalue weighted by molar-refractivity contribution is 5.94. The minimum absolute atomic E-state index is 0.0158. The number of alkyl halides is 3. The number of hydrogen-bond donors (Lipinski definition) is 2. The third kappa shape index (κ3) is 6.08. The number of anilines is 1. The highest BCUT2D eigenvalue weighted by Gasteiger charge is 2.25. The zero-order valence-electron chi connectivity index (χ0n) is 10.5. The maximum Gasteiger partial charge on any atom is 0.389 e. The van der Waals surface area contributed by atoms with Crippen molar-refractivity contribution in [2.75, 3.05) is 18.9 Å². The Morgan fingerprint density at radius 3 is 2.74 bits per heavy atom. The van der Waals surface area contributed by atoms with E-state index >= 15 is 0 Å². The summed E-state index contributed by atoms with van der Waals surface area (Å²) in [6.45, 7) is 0.228. The van der Waals surface area contributed by atoms with Crippen LogP contribution in [0.4, 0.5) is 19.0 Å². The Balaban J connectivity index is 2.31. The van der Waals surface area contributed by atoms with Crippen molar-refractivity contribution in [3.8, 4) is 0 Å². The highest BCUT2D eigenvalue weighted by atomic mass is 19.4. The predicted molar refractivity (Wildman–Crippen MR) is 66.0 cm³/mol.